The molecule has 0 unspecified atom stereocenters. The number of ether oxygens (including phenoxy) is 2. The number of nitrogens with one attached hydrogen (secondary N) is 1. The van der Waals surface area contributed by atoms with Crippen molar-refractivity contribution in [2.24, 2.45) is 0 Å². The zero-order valence-electron chi connectivity index (χ0n) is 13.3. The summed E-state index contributed by atoms with van der Waals surface area (Å²) in [6.45, 7) is 4.89. The monoisotopic (exact) mass is 306 g/mol. The quantitative estimate of drug-likeness (QED) is 0.875. The maximum atomic E-state index is 10.8. The summed E-state index contributed by atoms with van der Waals surface area (Å²) in [5.41, 5.74) is 0.656. The molecule has 0 radical (unpaired) electrons. The molecular formula is C17H26N2O3. The van der Waals surface area contributed by atoms with Gasteiger partial charge in [0.2, 0.25) is 0 Å². The molecule has 2 N–H and O–H groups in total. The van der Waals surface area contributed by atoms with Crippen molar-refractivity contribution in [3.05, 3.63) is 29.8 Å². The Balaban J connectivity index is 1.72. The Bertz CT molecular complexity index is 471. The minimum Gasteiger partial charge on any atom is -0.497 e. The van der Waals surface area contributed by atoms with Gasteiger partial charge in [-0.05, 0) is 17.7 Å². The summed E-state index contributed by atoms with van der Waals surface area (Å²) in [6, 6.07) is 8.55. The summed E-state index contributed by atoms with van der Waals surface area (Å²) in [6.07, 6.45) is 1.46. The number of hydrogen-bond acceptors (Lipinski definition) is 5. The summed E-state index contributed by atoms with van der Waals surface area (Å²) < 4.78 is 10.6. The standard InChI is InChI=1S/C17H26N2O3/c1-21-15-4-2-14(3-5-15)16-12-18-8-9-19(16)13-17(20)6-10-22-11-7-17/h2-5,16,18,20H,6-13H2,1H3/t16-/m0/s1. The highest BCUT2D eigenvalue weighted by Crippen LogP contribution is 2.29. The van der Waals surface area contributed by atoms with Gasteiger partial charge in [-0.15, -0.1) is 0 Å². The zero-order valence-corrected chi connectivity index (χ0v) is 13.3. The Labute approximate surface area is 132 Å². The van der Waals surface area contributed by atoms with Gasteiger partial charge in [0.1, 0.15) is 5.75 Å². The number of benzene rings is 1. The minimum absolute atomic E-state index is 0.298. The molecule has 1 aromatic carbocycles. The second-order valence-electron chi connectivity index (χ2n) is 6.30. The summed E-state index contributed by atoms with van der Waals surface area (Å²) in [7, 11) is 1.68. The molecule has 2 aliphatic rings. The molecule has 0 aliphatic carbocycles. The summed E-state index contributed by atoms with van der Waals surface area (Å²) in [5.74, 6) is 0.877. The van der Waals surface area contributed by atoms with Crippen molar-refractivity contribution < 1.29 is 14.6 Å². The molecule has 5 nitrogen and oxygen atoms in total. The van der Waals surface area contributed by atoms with Crippen molar-refractivity contribution in [1.82, 2.24) is 10.2 Å². The topological polar surface area (TPSA) is 54.0 Å². The second-order valence-corrected chi connectivity index (χ2v) is 6.30. The van der Waals surface area contributed by atoms with Gasteiger partial charge in [-0.1, -0.05) is 12.1 Å². The predicted octanol–water partition coefficient (Wildman–Crippen LogP) is 1.18. The van der Waals surface area contributed by atoms with Crippen molar-refractivity contribution in [2.75, 3.05) is 46.5 Å². The highest BCUT2D eigenvalue weighted by atomic mass is 16.5. The molecule has 0 aromatic heterocycles. The van der Waals surface area contributed by atoms with Crippen LogP contribution >= 0.6 is 0 Å². The smallest absolute Gasteiger partial charge is 0.118 e. The molecule has 2 aliphatic heterocycles. The summed E-state index contributed by atoms with van der Waals surface area (Å²) >= 11 is 0. The van der Waals surface area contributed by atoms with Crippen molar-refractivity contribution in [1.29, 1.82) is 0 Å². The molecule has 2 saturated heterocycles. The molecule has 0 spiro atoms. The van der Waals surface area contributed by atoms with Crippen molar-refractivity contribution in [3.8, 4) is 5.75 Å². The van der Waals surface area contributed by atoms with Crippen LogP contribution in [-0.4, -0.2) is 62.1 Å². The molecule has 1 aromatic rings. The third-order valence-electron chi connectivity index (χ3n) is 4.78. The molecule has 0 bridgehead atoms. The van der Waals surface area contributed by atoms with Crippen LogP contribution in [0.5, 0.6) is 5.75 Å². The lowest BCUT2D eigenvalue weighted by molar-refractivity contribution is -0.0873. The molecule has 0 saturated carbocycles. The van der Waals surface area contributed by atoms with E-state index >= 15 is 0 Å². The zero-order chi connectivity index (χ0) is 15.4. The third kappa shape index (κ3) is 3.60. The van der Waals surface area contributed by atoms with Gasteiger partial charge in [0.15, 0.2) is 0 Å². The number of rotatable bonds is 4. The van der Waals surface area contributed by atoms with Gasteiger partial charge >= 0.3 is 0 Å². The number of β-amino-alcohol motifs (C(OH)–C–C–N with tert-alkyl or cyclic N) is 1. The van der Waals surface area contributed by atoms with Crippen molar-refractivity contribution in [3.63, 3.8) is 0 Å². The summed E-state index contributed by atoms with van der Waals surface area (Å²) in [5, 5.41) is 14.3. The van der Waals surface area contributed by atoms with E-state index in [1.54, 1.807) is 7.11 Å². The van der Waals surface area contributed by atoms with E-state index in [2.05, 4.69) is 22.3 Å². The lowest BCUT2D eigenvalue weighted by Gasteiger charge is -2.42. The van der Waals surface area contributed by atoms with Crippen LogP contribution in [0.3, 0.4) is 0 Å². The lowest BCUT2D eigenvalue weighted by atomic mass is 9.92. The van der Waals surface area contributed by atoms with Crippen LogP contribution in [0.15, 0.2) is 24.3 Å². The Kier molecular flexibility index (Phi) is 4.98. The van der Waals surface area contributed by atoms with E-state index in [4.69, 9.17) is 9.47 Å². The summed E-state index contributed by atoms with van der Waals surface area (Å²) in [4.78, 5) is 2.41. The average molecular weight is 306 g/mol. The largest absolute Gasteiger partial charge is 0.497 e. The number of methoxy groups -OCH3 is 1. The SMILES string of the molecule is COc1ccc([C@@H]2CNCCN2CC2(O)CCOCC2)cc1. The normalized spacial score (nSPS) is 25.8. The van der Waals surface area contributed by atoms with Crippen LogP contribution in [0.2, 0.25) is 0 Å². The fourth-order valence-corrected chi connectivity index (χ4v) is 3.38. The molecule has 22 heavy (non-hydrogen) atoms. The first-order valence-electron chi connectivity index (χ1n) is 8.09. The van der Waals surface area contributed by atoms with Gasteiger partial charge in [0, 0.05) is 58.3 Å². The van der Waals surface area contributed by atoms with E-state index in [9.17, 15) is 5.11 Å². The second kappa shape index (κ2) is 6.96. The Morgan fingerprint density at radius 2 is 2.05 bits per heavy atom. The predicted molar refractivity (Wildman–Crippen MR) is 85.2 cm³/mol. The highest BCUT2D eigenvalue weighted by Gasteiger charge is 2.35. The van der Waals surface area contributed by atoms with Crippen LogP contribution in [-0.2, 0) is 4.74 Å². The van der Waals surface area contributed by atoms with E-state index in [0.29, 0.717) is 25.8 Å². The average Bonchev–Trinajstić information content (AvgIpc) is 2.56. The first-order chi connectivity index (χ1) is 10.7. The van der Waals surface area contributed by atoms with Crippen LogP contribution < -0.4 is 10.1 Å². The Morgan fingerprint density at radius 1 is 1.32 bits per heavy atom. The van der Waals surface area contributed by atoms with Crippen LogP contribution in [0.4, 0.5) is 0 Å². The number of piperazine rings is 1. The van der Waals surface area contributed by atoms with E-state index in [1.807, 2.05) is 12.1 Å². The minimum atomic E-state index is -0.611. The van der Waals surface area contributed by atoms with Gasteiger partial charge in [-0.3, -0.25) is 4.90 Å². The fraction of sp³-hybridized carbons (Fsp3) is 0.647. The van der Waals surface area contributed by atoms with E-state index in [-0.39, 0.29) is 0 Å². The van der Waals surface area contributed by atoms with Gasteiger partial charge in [-0.2, -0.15) is 0 Å². The molecular weight excluding hydrogens is 280 g/mol. The van der Waals surface area contributed by atoms with Crippen LogP contribution in [0, 0.1) is 0 Å². The molecule has 2 fully saturated rings. The number of nitrogens with zero attached hydrogens (tertiary/aromatic N) is 1. The maximum absolute atomic E-state index is 10.8. The molecule has 3 rings (SSSR count). The van der Waals surface area contributed by atoms with Gasteiger partial charge in [0.05, 0.1) is 12.7 Å². The highest BCUT2D eigenvalue weighted by molar-refractivity contribution is 5.29. The Morgan fingerprint density at radius 3 is 2.73 bits per heavy atom. The number of hydrogen-bond donors (Lipinski definition) is 2. The van der Waals surface area contributed by atoms with Crippen molar-refractivity contribution >= 4 is 0 Å². The number of aliphatic hydroxyl groups is 1. The maximum Gasteiger partial charge on any atom is 0.118 e. The lowest BCUT2D eigenvalue weighted by Crippen LogP contribution is -2.53. The van der Waals surface area contributed by atoms with Gasteiger partial charge < -0.3 is 19.9 Å². The van der Waals surface area contributed by atoms with E-state index in [1.165, 1.54) is 5.56 Å². The molecule has 1 atom stereocenters. The van der Waals surface area contributed by atoms with Crippen LogP contribution in [0.25, 0.3) is 0 Å². The van der Waals surface area contributed by atoms with E-state index < -0.39 is 5.60 Å². The third-order valence-corrected chi connectivity index (χ3v) is 4.78. The molecule has 2 heterocycles. The van der Waals surface area contributed by atoms with Crippen LogP contribution in [0.1, 0.15) is 24.4 Å². The molecule has 122 valence electrons. The van der Waals surface area contributed by atoms with E-state index in [0.717, 1.165) is 38.2 Å². The fourth-order valence-electron chi connectivity index (χ4n) is 3.38. The molecule has 5 heteroatoms. The van der Waals surface area contributed by atoms with Crippen molar-refractivity contribution in [2.45, 2.75) is 24.5 Å². The first-order valence-corrected chi connectivity index (χ1v) is 8.09. The Hall–Kier alpha value is -1.14. The van der Waals surface area contributed by atoms with Gasteiger partial charge in [0.25, 0.3) is 0 Å². The van der Waals surface area contributed by atoms with Gasteiger partial charge in [-0.25, -0.2) is 0 Å². The molecule has 0 amide bonds. The first kappa shape index (κ1) is 15.7.